The van der Waals surface area contributed by atoms with Gasteiger partial charge in [0.05, 0.1) is 26.2 Å². The summed E-state index contributed by atoms with van der Waals surface area (Å²) in [5, 5.41) is 0. The number of nitrogens with zero attached hydrogens (tertiary/aromatic N) is 1. The maximum atomic E-state index is 6.11. The summed E-state index contributed by atoms with van der Waals surface area (Å²) in [4.78, 5) is 0. The molecular weight excluding hydrogens is 266 g/mol. The van der Waals surface area contributed by atoms with Crippen molar-refractivity contribution in [3.05, 3.63) is 18.2 Å². The van der Waals surface area contributed by atoms with Gasteiger partial charge in [-0.3, -0.25) is 4.48 Å². The standard InChI is InChI=1S/C17H29NO3/c1-6-18(7-2,8-3)14-21-17-15(19-9-4)12-11-13-16(17)20-10-5/h9,11-13H,6-8,10,14H2,1-5H3/q+2. The maximum Gasteiger partial charge on any atom is 0.397 e. The topological polar surface area (TPSA) is 29.8 Å². The predicted octanol–water partition coefficient (Wildman–Crippen LogP) is 3.77. The molecule has 0 bridgehead atoms. The molecule has 0 unspecified atom stereocenters. The fourth-order valence-electron chi connectivity index (χ4n) is 2.27. The van der Waals surface area contributed by atoms with Crippen LogP contribution in [0, 0.1) is 0 Å². The Morgan fingerprint density at radius 2 is 1.71 bits per heavy atom. The fraction of sp³-hybridized carbons (Fsp3) is 0.588. The van der Waals surface area contributed by atoms with E-state index in [1.54, 1.807) is 6.29 Å². The normalized spacial score (nSPS) is 11.9. The number of benzene rings is 1. The Labute approximate surface area is 128 Å². The monoisotopic (exact) mass is 295 g/mol. The summed E-state index contributed by atoms with van der Waals surface area (Å²) >= 11 is 0. The first-order valence-corrected chi connectivity index (χ1v) is 7.84. The lowest BCUT2D eigenvalue weighted by Crippen LogP contribution is -2.50. The number of hydrogen-bond donors (Lipinski definition) is 0. The highest BCUT2D eigenvalue weighted by molar-refractivity contribution is 5.53. The van der Waals surface area contributed by atoms with Crippen molar-refractivity contribution < 1.29 is 18.4 Å². The van der Waals surface area contributed by atoms with Gasteiger partial charge in [-0.2, -0.15) is 0 Å². The second-order valence-corrected chi connectivity index (χ2v) is 4.93. The quantitative estimate of drug-likeness (QED) is 0.300. The molecule has 0 radical (unpaired) electrons. The van der Waals surface area contributed by atoms with Crippen LogP contribution in [0.25, 0.3) is 0 Å². The van der Waals surface area contributed by atoms with Crippen molar-refractivity contribution in [2.45, 2.75) is 34.6 Å². The van der Waals surface area contributed by atoms with E-state index < -0.39 is 0 Å². The molecule has 0 aliphatic heterocycles. The molecule has 0 aliphatic carbocycles. The summed E-state index contributed by atoms with van der Waals surface area (Å²) < 4.78 is 18.2. The van der Waals surface area contributed by atoms with E-state index in [9.17, 15) is 0 Å². The maximum absolute atomic E-state index is 6.11. The van der Waals surface area contributed by atoms with E-state index >= 15 is 0 Å². The van der Waals surface area contributed by atoms with Crippen LogP contribution in [-0.4, -0.2) is 43.7 Å². The van der Waals surface area contributed by atoms with E-state index in [1.165, 1.54) is 0 Å². The molecule has 0 N–H and O–H groups in total. The number of hydrogen-bond acceptors (Lipinski definition) is 2. The minimum atomic E-state index is 0.602. The van der Waals surface area contributed by atoms with Gasteiger partial charge < -0.3 is 9.47 Å². The van der Waals surface area contributed by atoms with Crippen molar-refractivity contribution in [2.24, 2.45) is 0 Å². The van der Waals surface area contributed by atoms with Gasteiger partial charge in [-0.25, -0.2) is 4.42 Å². The van der Waals surface area contributed by atoms with E-state index in [0.717, 1.165) is 29.9 Å². The van der Waals surface area contributed by atoms with E-state index in [1.807, 2.05) is 32.0 Å². The number of rotatable bonds is 9. The molecule has 0 amide bonds. The third kappa shape index (κ3) is 4.46. The SMILES string of the molecule is CC=[O+]c1cccc(OCC)c1OC[N+](CC)(CC)CC. The van der Waals surface area contributed by atoms with Gasteiger partial charge in [0.25, 0.3) is 12.0 Å². The zero-order valence-corrected chi connectivity index (χ0v) is 14.0. The predicted molar refractivity (Wildman–Crippen MR) is 86.2 cm³/mol. The van der Waals surface area contributed by atoms with Crippen LogP contribution in [0.4, 0.5) is 0 Å². The average Bonchev–Trinajstić information content (AvgIpc) is 2.51. The summed E-state index contributed by atoms with van der Waals surface area (Å²) in [6, 6.07) is 5.73. The van der Waals surface area contributed by atoms with E-state index in [4.69, 9.17) is 13.9 Å². The highest BCUT2D eigenvalue weighted by Gasteiger charge is 2.26. The zero-order chi connectivity index (χ0) is 15.7. The molecule has 4 nitrogen and oxygen atoms in total. The van der Waals surface area contributed by atoms with Crippen LogP contribution in [0.15, 0.2) is 18.2 Å². The van der Waals surface area contributed by atoms with Gasteiger partial charge in [0.15, 0.2) is 5.75 Å². The molecule has 21 heavy (non-hydrogen) atoms. The van der Waals surface area contributed by atoms with Crippen molar-refractivity contribution in [3.8, 4) is 17.2 Å². The van der Waals surface area contributed by atoms with Crippen molar-refractivity contribution in [2.75, 3.05) is 33.0 Å². The second kappa shape index (κ2) is 8.67. The molecule has 1 aromatic carbocycles. The number of aldehydes is 1. The lowest BCUT2D eigenvalue weighted by atomic mass is 10.3. The molecule has 0 atom stereocenters. The molecule has 0 heterocycles. The Balaban J connectivity index is 3.04. The number of carbonyl (C=O) groups excluding carboxylic acids is 1. The summed E-state index contributed by atoms with van der Waals surface area (Å²) in [6.45, 7) is 14.7. The van der Waals surface area contributed by atoms with Crippen LogP contribution in [0.1, 0.15) is 34.6 Å². The third-order valence-corrected chi connectivity index (χ3v) is 3.98. The third-order valence-electron chi connectivity index (χ3n) is 3.98. The smallest absolute Gasteiger partial charge is 0.397 e. The first-order valence-electron chi connectivity index (χ1n) is 7.84. The largest absolute Gasteiger partial charge is 0.490 e. The summed E-state index contributed by atoms with van der Waals surface area (Å²) in [5.41, 5.74) is 0. The van der Waals surface area contributed by atoms with Crippen molar-refractivity contribution in [3.63, 3.8) is 0 Å². The van der Waals surface area contributed by atoms with E-state index in [0.29, 0.717) is 24.8 Å². The number of para-hydroxylation sites is 1. The van der Waals surface area contributed by atoms with Gasteiger partial charge >= 0.3 is 5.75 Å². The molecule has 0 fully saturated rings. The first-order chi connectivity index (χ1) is 10.2. The summed E-state index contributed by atoms with van der Waals surface area (Å²) in [6.07, 6.45) is 1.65. The lowest BCUT2D eigenvalue weighted by Gasteiger charge is -2.34. The Morgan fingerprint density at radius 1 is 1.05 bits per heavy atom. The Hall–Kier alpha value is -1.55. The molecule has 0 saturated heterocycles. The highest BCUT2D eigenvalue weighted by atomic mass is 16.5. The van der Waals surface area contributed by atoms with Crippen molar-refractivity contribution in [1.29, 1.82) is 0 Å². The second-order valence-electron chi connectivity index (χ2n) is 4.93. The molecule has 118 valence electrons. The van der Waals surface area contributed by atoms with Crippen LogP contribution >= 0.6 is 0 Å². The van der Waals surface area contributed by atoms with Crippen LogP contribution in [-0.2, 0) is 4.42 Å². The van der Waals surface area contributed by atoms with Crippen molar-refractivity contribution in [1.82, 2.24) is 0 Å². The van der Waals surface area contributed by atoms with Gasteiger partial charge in [-0.1, -0.05) is 0 Å². The van der Waals surface area contributed by atoms with Gasteiger partial charge in [-0.05, 0) is 39.8 Å². The van der Waals surface area contributed by atoms with Crippen molar-refractivity contribution >= 4 is 6.29 Å². The van der Waals surface area contributed by atoms with Crippen LogP contribution in [0.2, 0.25) is 0 Å². The van der Waals surface area contributed by atoms with E-state index in [2.05, 4.69) is 20.8 Å². The summed E-state index contributed by atoms with van der Waals surface area (Å²) in [5.74, 6) is 2.12. The van der Waals surface area contributed by atoms with Gasteiger partial charge in [0.1, 0.15) is 0 Å². The highest BCUT2D eigenvalue weighted by Crippen LogP contribution is 2.37. The Bertz CT molecular complexity index is 445. The fourth-order valence-corrected chi connectivity index (χ4v) is 2.27. The van der Waals surface area contributed by atoms with Gasteiger partial charge in [-0.15, -0.1) is 0 Å². The van der Waals surface area contributed by atoms with Crippen LogP contribution in [0.5, 0.6) is 17.2 Å². The minimum absolute atomic E-state index is 0.602. The van der Waals surface area contributed by atoms with Crippen LogP contribution < -0.4 is 9.47 Å². The Kier molecular flexibility index (Phi) is 7.23. The Morgan fingerprint density at radius 3 is 2.24 bits per heavy atom. The molecule has 0 aliphatic rings. The molecule has 1 aromatic rings. The van der Waals surface area contributed by atoms with Gasteiger partial charge in [0, 0.05) is 13.0 Å². The molecule has 1 rings (SSSR count). The molecule has 0 spiro atoms. The molecule has 0 aromatic heterocycles. The molecule has 0 saturated carbocycles. The molecular formula is C17H29NO3+2. The average molecular weight is 295 g/mol. The number of ether oxygens (including phenoxy) is 2. The van der Waals surface area contributed by atoms with Gasteiger partial charge in [0.2, 0.25) is 6.73 Å². The lowest BCUT2D eigenvalue weighted by molar-refractivity contribution is -0.937. The number of quaternary nitrogens is 1. The van der Waals surface area contributed by atoms with Crippen LogP contribution in [0.3, 0.4) is 0 Å². The van der Waals surface area contributed by atoms with E-state index in [-0.39, 0.29) is 0 Å². The molecule has 4 heteroatoms. The minimum Gasteiger partial charge on any atom is -0.490 e. The first kappa shape index (κ1) is 17.5. The zero-order valence-electron chi connectivity index (χ0n) is 14.0. The summed E-state index contributed by atoms with van der Waals surface area (Å²) in [7, 11) is 0.